The van der Waals surface area contributed by atoms with Crippen molar-refractivity contribution in [2.45, 2.75) is 13.5 Å². The van der Waals surface area contributed by atoms with E-state index in [2.05, 4.69) is 15.6 Å². The van der Waals surface area contributed by atoms with Gasteiger partial charge >= 0.3 is 11.8 Å². The van der Waals surface area contributed by atoms with Crippen molar-refractivity contribution in [1.82, 2.24) is 10.3 Å². The third-order valence-corrected chi connectivity index (χ3v) is 2.99. The number of para-hydroxylation sites is 1. The van der Waals surface area contributed by atoms with Gasteiger partial charge in [-0.2, -0.15) is 0 Å². The van der Waals surface area contributed by atoms with Gasteiger partial charge in [-0.1, -0.05) is 24.3 Å². The average molecular weight is 299 g/mol. The highest BCUT2D eigenvalue weighted by Crippen LogP contribution is 2.16. The molecule has 0 radical (unpaired) electrons. The van der Waals surface area contributed by atoms with Crippen LogP contribution < -0.4 is 15.4 Å². The molecule has 2 amide bonds. The zero-order valence-electron chi connectivity index (χ0n) is 12.4. The van der Waals surface area contributed by atoms with E-state index in [0.717, 1.165) is 11.1 Å². The first-order valence-corrected chi connectivity index (χ1v) is 6.74. The summed E-state index contributed by atoms with van der Waals surface area (Å²) in [7, 11) is 1.55. The molecule has 2 aromatic rings. The van der Waals surface area contributed by atoms with Crippen LogP contribution in [-0.4, -0.2) is 23.9 Å². The fraction of sp³-hybridized carbons (Fsp3) is 0.188. The Labute approximate surface area is 128 Å². The predicted octanol–water partition coefficient (Wildman–Crippen LogP) is 1.65. The molecule has 0 bridgehead atoms. The van der Waals surface area contributed by atoms with Gasteiger partial charge in [-0.05, 0) is 24.6 Å². The minimum atomic E-state index is -0.758. The van der Waals surface area contributed by atoms with Crippen LogP contribution in [0.3, 0.4) is 0 Å². The van der Waals surface area contributed by atoms with E-state index in [1.807, 2.05) is 25.1 Å². The van der Waals surface area contributed by atoms with Gasteiger partial charge in [-0.25, -0.2) is 4.98 Å². The van der Waals surface area contributed by atoms with Gasteiger partial charge in [0.05, 0.1) is 7.11 Å². The standard InChI is InChI=1S/C16H17N3O3/c1-11-7-8-14(17-9-11)19-16(21)15(20)18-10-12-5-3-4-6-13(12)22-2/h3-9H,10H2,1-2H3,(H,18,20)(H,17,19,21). The molecule has 0 aliphatic heterocycles. The number of hydrogen-bond acceptors (Lipinski definition) is 4. The summed E-state index contributed by atoms with van der Waals surface area (Å²) >= 11 is 0. The van der Waals surface area contributed by atoms with E-state index in [4.69, 9.17) is 4.74 Å². The number of carbonyl (C=O) groups excluding carboxylic acids is 2. The second-order valence-corrected chi connectivity index (χ2v) is 4.67. The summed E-state index contributed by atoms with van der Waals surface area (Å²) in [6.45, 7) is 2.09. The number of rotatable bonds is 4. The van der Waals surface area contributed by atoms with Crippen LogP contribution in [-0.2, 0) is 16.1 Å². The molecule has 114 valence electrons. The highest BCUT2D eigenvalue weighted by Gasteiger charge is 2.14. The Morgan fingerprint density at radius 2 is 1.91 bits per heavy atom. The summed E-state index contributed by atoms with van der Waals surface area (Å²) in [6.07, 6.45) is 1.61. The summed E-state index contributed by atoms with van der Waals surface area (Å²) in [5, 5.41) is 4.99. The molecule has 0 saturated carbocycles. The zero-order chi connectivity index (χ0) is 15.9. The van der Waals surface area contributed by atoms with Crippen LogP contribution in [0.5, 0.6) is 5.75 Å². The minimum Gasteiger partial charge on any atom is -0.496 e. The second-order valence-electron chi connectivity index (χ2n) is 4.67. The molecule has 0 spiro atoms. The molecule has 1 heterocycles. The molecule has 0 aliphatic carbocycles. The fourth-order valence-electron chi connectivity index (χ4n) is 1.82. The number of ether oxygens (including phenoxy) is 1. The molecular weight excluding hydrogens is 282 g/mol. The van der Waals surface area contributed by atoms with Crippen molar-refractivity contribution in [1.29, 1.82) is 0 Å². The van der Waals surface area contributed by atoms with Crippen molar-refractivity contribution in [2.75, 3.05) is 12.4 Å². The maximum Gasteiger partial charge on any atom is 0.314 e. The largest absolute Gasteiger partial charge is 0.496 e. The summed E-state index contributed by atoms with van der Waals surface area (Å²) in [5.74, 6) is -0.494. The highest BCUT2D eigenvalue weighted by molar-refractivity contribution is 6.39. The lowest BCUT2D eigenvalue weighted by atomic mass is 10.2. The topological polar surface area (TPSA) is 80.3 Å². The molecule has 6 nitrogen and oxygen atoms in total. The van der Waals surface area contributed by atoms with Gasteiger partial charge in [0.2, 0.25) is 0 Å². The molecule has 1 aromatic carbocycles. The van der Waals surface area contributed by atoms with Crippen LogP contribution in [0, 0.1) is 6.92 Å². The normalized spacial score (nSPS) is 9.91. The van der Waals surface area contributed by atoms with Gasteiger partial charge in [-0.3, -0.25) is 9.59 Å². The lowest BCUT2D eigenvalue weighted by Crippen LogP contribution is -2.35. The number of hydrogen-bond donors (Lipinski definition) is 2. The van der Waals surface area contributed by atoms with E-state index in [9.17, 15) is 9.59 Å². The number of amides is 2. The van der Waals surface area contributed by atoms with Crippen molar-refractivity contribution in [3.8, 4) is 5.75 Å². The Kier molecular flexibility index (Phi) is 5.08. The second kappa shape index (κ2) is 7.21. The lowest BCUT2D eigenvalue weighted by molar-refractivity contribution is -0.136. The number of carbonyl (C=O) groups is 2. The maximum absolute atomic E-state index is 11.8. The zero-order valence-corrected chi connectivity index (χ0v) is 12.4. The van der Waals surface area contributed by atoms with E-state index >= 15 is 0 Å². The first-order valence-electron chi connectivity index (χ1n) is 6.74. The average Bonchev–Trinajstić information content (AvgIpc) is 2.54. The molecule has 0 aliphatic rings. The van der Waals surface area contributed by atoms with Crippen LogP contribution in [0.4, 0.5) is 5.82 Å². The number of aromatic nitrogens is 1. The summed E-state index contributed by atoms with van der Waals surface area (Å²) in [6, 6.07) is 10.7. The monoisotopic (exact) mass is 299 g/mol. The van der Waals surface area contributed by atoms with E-state index in [1.165, 1.54) is 0 Å². The first kappa shape index (κ1) is 15.5. The third kappa shape index (κ3) is 4.05. The Balaban J connectivity index is 1.91. The molecule has 22 heavy (non-hydrogen) atoms. The van der Waals surface area contributed by atoms with Gasteiger partial charge in [-0.15, -0.1) is 0 Å². The Morgan fingerprint density at radius 3 is 2.59 bits per heavy atom. The minimum absolute atomic E-state index is 0.206. The summed E-state index contributed by atoms with van der Waals surface area (Å²) in [5.41, 5.74) is 1.76. The predicted molar refractivity (Wildman–Crippen MR) is 82.4 cm³/mol. The van der Waals surface area contributed by atoms with Crippen LogP contribution >= 0.6 is 0 Å². The molecule has 0 saturated heterocycles. The number of nitrogens with one attached hydrogen (secondary N) is 2. The van der Waals surface area contributed by atoms with Crippen molar-refractivity contribution in [3.05, 3.63) is 53.7 Å². The number of aryl methyl sites for hydroxylation is 1. The number of nitrogens with zero attached hydrogens (tertiary/aromatic N) is 1. The summed E-state index contributed by atoms with van der Waals surface area (Å²) < 4.78 is 5.18. The smallest absolute Gasteiger partial charge is 0.314 e. The van der Waals surface area contributed by atoms with E-state index in [-0.39, 0.29) is 6.54 Å². The molecular formula is C16H17N3O3. The molecule has 2 rings (SSSR count). The number of anilines is 1. The fourth-order valence-corrected chi connectivity index (χ4v) is 1.82. The Bertz CT molecular complexity index is 669. The first-order chi connectivity index (χ1) is 10.6. The number of benzene rings is 1. The van der Waals surface area contributed by atoms with Crippen LogP contribution in [0.25, 0.3) is 0 Å². The van der Waals surface area contributed by atoms with Crippen LogP contribution in [0.15, 0.2) is 42.6 Å². The molecule has 0 unspecified atom stereocenters. The van der Waals surface area contributed by atoms with Gasteiger partial charge in [0.1, 0.15) is 11.6 Å². The van der Waals surface area contributed by atoms with Gasteiger partial charge in [0.25, 0.3) is 0 Å². The van der Waals surface area contributed by atoms with Crippen LogP contribution in [0.1, 0.15) is 11.1 Å². The quantitative estimate of drug-likeness (QED) is 0.841. The van der Waals surface area contributed by atoms with Crippen molar-refractivity contribution in [2.24, 2.45) is 0 Å². The highest BCUT2D eigenvalue weighted by atomic mass is 16.5. The summed E-state index contributed by atoms with van der Waals surface area (Å²) in [4.78, 5) is 27.6. The van der Waals surface area contributed by atoms with E-state index in [0.29, 0.717) is 11.6 Å². The third-order valence-electron chi connectivity index (χ3n) is 2.99. The number of methoxy groups -OCH3 is 1. The SMILES string of the molecule is COc1ccccc1CNC(=O)C(=O)Nc1ccc(C)cn1. The molecule has 6 heteroatoms. The van der Waals surface area contributed by atoms with Gasteiger partial charge < -0.3 is 15.4 Å². The Hall–Kier alpha value is -2.89. The van der Waals surface area contributed by atoms with Crippen molar-refractivity contribution >= 4 is 17.6 Å². The van der Waals surface area contributed by atoms with E-state index in [1.54, 1.807) is 31.5 Å². The van der Waals surface area contributed by atoms with Crippen molar-refractivity contribution < 1.29 is 14.3 Å². The lowest BCUT2D eigenvalue weighted by Gasteiger charge is -2.09. The number of pyridine rings is 1. The maximum atomic E-state index is 11.8. The molecule has 0 atom stereocenters. The molecule has 2 N–H and O–H groups in total. The van der Waals surface area contributed by atoms with E-state index < -0.39 is 11.8 Å². The van der Waals surface area contributed by atoms with Crippen molar-refractivity contribution in [3.63, 3.8) is 0 Å². The molecule has 1 aromatic heterocycles. The van der Waals surface area contributed by atoms with Gasteiger partial charge in [0, 0.05) is 18.3 Å². The molecule has 0 fully saturated rings. The Morgan fingerprint density at radius 1 is 1.14 bits per heavy atom. The van der Waals surface area contributed by atoms with Gasteiger partial charge in [0.15, 0.2) is 0 Å². The van der Waals surface area contributed by atoms with Crippen LogP contribution in [0.2, 0.25) is 0 Å².